The summed E-state index contributed by atoms with van der Waals surface area (Å²) in [6.07, 6.45) is 0.926. The van der Waals surface area contributed by atoms with Crippen molar-refractivity contribution in [3.05, 3.63) is 41.2 Å². The van der Waals surface area contributed by atoms with Crippen LogP contribution in [0, 0.1) is 0 Å². The largest absolute Gasteiger partial charge is 0.475 e. The number of benzene rings is 1. The van der Waals surface area contributed by atoms with Crippen molar-refractivity contribution in [1.82, 2.24) is 5.16 Å². The molecule has 1 aromatic carbocycles. The van der Waals surface area contributed by atoms with Gasteiger partial charge in [-0.25, -0.2) is 4.79 Å². The quantitative estimate of drug-likeness (QED) is 0.908. The fraction of sp³-hybridized carbons (Fsp3) is 0.333. The van der Waals surface area contributed by atoms with E-state index in [1.807, 2.05) is 0 Å². The molecule has 4 heteroatoms. The van der Waals surface area contributed by atoms with Gasteiger partial charge in [0.25, 0.3) is 0 Å². The molecule has 0 unspecified atom stereocenters. The highest BCUT2D eigenvalue weighted by atomic mass is 16.5. The van der Waals surface area contributed by atoms with Crippen molar-refractivity contribution in [2.45, 2.75) is 33.1 Å². The van der Waals surface area contributed by atoms with Gasteiger partial charge in [-0.3, -0.25) is 0 Å². The minimum absolute atomic E-state index is 0.133. The van der Waals surface area contributed by atoms with Crippen LogP contribution in [-0.2, 0) is 6.42 Å². The molecule has 0 saturated heterocycles. The lowest BCUT2D eigenvalue weighted by Crippen LogP contribution is -1.95. The molecule has 0 amide bonds. The molecule has 19 heavy (non-hydrogen) atoms. The zero-order valence-electron chi connectivity index (χ0n) is 11.3. The van der Waals surface area contributed by atoms with Crippen LogP contribution < -0.4 is 0 Å². The number of aromatic carboxylic acids is 1. The summed E-state index contributed by atoms with van der Waals surface area (Å²) in [6.45, 7) is 6.28. The van der Waals surface area contributed by atoms with E-state index >= 15 is 0 Å². The monoisotopic (exact) mass is 259 g/mol. The van der Waals surface area contributed by atoms with E-state index in [1.54, 1.807) is 0 Å². The van der Waals surface area contributed by atoms with E-state index in [4.69, 9.17) is 9.63 Å². The van der Waals surface area contributed by atoms with Crippen LogP contribution in [0.2, 0.25) is 0 Å². The standard InChI is InChI=1S/C15H17NO3/c1-4-10-5-6-11(9(2)3)12(7-10)13-8-14(15(17)18)19-16-13/h5-9H,4H2,1-3H3,(H,17,18). The van der Waals surface area contributed by atoms with Crippen molar-refractivity contribution < 1.29 is 14.4 Å². The van der Waals surface area contributed by atoms with Crippen LogP contribution in [-0.4, -0.2) is 16.2 Å². The average molecular weight is 259 g/mol. The highest BCUT2D eigenvalue weighted by Crippen LogP contribution is 2.30. The molecule has 2 rings (SSSR count). The molecule has 2 aromatic rings. The SMILES string of the molecule is CCc1ccc(C(C)C)c(-c2cc(C(=O)O)on2)c1. The van der Waals surface area contributed by atoms with Gasteiger partial charge in [0.1, 0.15) is 5.69 Å². The van der Waals surface area contributed by atoms with E-state index in [9.17, 15) is 4.79 Å². The van der Waals surface area contributed by atoms with E-state index in [1.165, 1.54) is 11.6 Å². The first-order chi connectivity index (χ1) is 9.02. The number of carboxylic acids is 1. The maximum atomic E-state index is 10.9. The lowest BCUT2D eigenvalue weighted by Gasteiger charge is -2.12. The molecule has 0 radical (unpaired) electrons. The fourth-order valence-electron chi connectivity index (χ4n) is 2.05. The van der Waals surface area contributed by atoms with Crippen molar-refractivity contribution in [2.75, 3.05) is 0 Å². The molecule has 0 aliphatic heterocycles. The Balaban J connectivity index is 2.54. The van der Waals surface area contributed by atoms with E-state index < -0.39 is 5.97 Å². The first kappa shape index (κ1) is 13.3. The number of carboxylic acid groups (broad SMARTS) is 1. The lowest BCUT2D eigenvalue weighted by molar-refractivity contribution is 0.0652. The van der Waals surface area contributed by atoms with Crippen LogP contribution in [0.5, 0.6) is 0 Å². The summed E-state index contributed by atoms with van der Waals surface area (Å²) in [5.41, 5.74) is 3.86. The van der Waals surface area contributed by atoms with Crippen LogP contribution >= 0.6 is 0 Å². The van der Waals surface area contributed by atoms with E-state index in [-0.39, 0.29) is 5.76 Å². The Morgan fingerprint density at radius 3 is 2.63 bits per heavy atom. The normalized spacial score (nSPS) is 10.9. The van der Waals surface area contributed by atoms with Gasteiger partial charge in [0.2, 0.25) is 5.76 Å². The minimum atomic E-state index is -1.10. The second-order valence-corrected chi connectivity index (χ2v) is 4.81. The Morgan fingerprint density at radius 1 is 1.37 bits per heavy atom. The number of hydrogen-bond donors (Lipinski definition) is 1. The van der Waals surface area contributed by atoms with Gasteiger partial charge < -0.3 is 9.63 Å². The van der Waals surface area contributed by atoms with E-state index in [0.717, 1.165) is 17.5 Å². The van der Waals surface area contributed by atoms with E-state index in [0.29, 0.717) is 11.6 Å². The number of hydrogen-bond acceptors (Lipinski definition) is 3. The molecule has 1 N–H and O–H groups in total. The third-order valence-corrected chi connectivity index (χ3v) is 3.14. The van der Waals surface area contributed by atoms with Gasteiger partial charge in [-0.05, 0) is 29.5 Å². The van der Waals surface area contributed by atoms with Crippen molar-refractivity contribution in [3.63, 3.8) is 0 Å². The molecule has 1 heterocycles. The Morgan fingerprint density at radius 2 is 2.11 bits per heavy atom. The van der Waals surface area contributed by atoms with Gasteiger partial charge in [0.05, 0.1) is 0 Å². The van der Waals surface area contributed by atoms with Gasteiger partial charge >= 0.3 is 5.97 Å². The summed E-state index contributed by atoms with van der Waals surface area (Å²) in [6, 6.07) is 7.70. The van der Waals surface area contributed by atoms with Crippen LogP contribution in [0.25, 0.3) is 11.3 Å². The maximum absolute atomic E-state index is 10.9. The zero-order valence-corrected chi connectivity index (χ0v) is 11.3. The highest BCUT2D eigenvalue weighted by molar-refractivity contribution is 5.86. The molecule has 0 aliphatic carbocycles. The first-order valence-electron chi connectivity index (χ1n) is 6.36. The van der Waals surface area contributed by atoms with Crippen LogP contribution in [0.1, 0.15) is 48.4 Å². The van der Waals surface area contributed by atoms with Crippen LogP contribution in [0.3, 0.4) is 0 Å². The van der Waals surface area contributed by atoms with Crippen molar-refractivity contribution >= 4 is 5.97 Å². The smallest absolute Gasteiger partial charge is 0.374 e. The number of aryl methyl sites for hydroxylation is 1. The summed E-state index contributed by atoms with van der Waals surface area (Å²) in [4.78, 5) is 10.9. The van der Waals surface area contributed by atoms with Gasteiger partial charge in [0.15, 0.2) is 0 Å². The Labute approximate surface area is 112 Å². The molecule has 1 aromatic heterocycles. The predicted octanol–water partition coefficient (Wildman–Crippen LogP) is 3.73. The highest BCUT2D eigenvalue weighted by Gasteiger charge is 2.16. The lowest BCUT2D eigenvalue weighted by atomic mass is 9.93. The van der Waals surface area contributed by atoms with Crippen molar-refractivity contribution in [1.29, 1.82) is 0 Å². The summed E-state index contributed by atoms with van der Waals surface area (Å²) in [7, 11) is 0. The summed E-state index contributed by atoms with van der Waals surface area (Å²) in [5, 5.41) is 12.8. The number of nitrogens with zero attached hydrogens (tertiary/aromatic N) is 1. The minimum Gasteiger partial charge on any atom is -0.475 e. The Kier molecular flexibility index (Phi) is 3.69. The topological polar surface area (TPSA) is 63.3 Å². The average Bonchev–Trinajstić information content (AvgIpc) is 2.87. The van der Waals surface area contributed by atoms with Gasteiger partial charge in [-0.15, -0.1) is 0 Å². The van der Waals surface area contributed by atoms with Gasteiger partial charge in [-0.1, -0.05) is 38.1 Å². The Bertz CT molecular complexity index is 599. The second kappa shape index (κ2) is 5.26. The maximum Gasteiger partial charge on any atom is 0.374 e. The number of rotatable bonds is 4. The molecule has 0 spiro atoms. The second-order valence-electron chi connectivity index (χ2n) is 4.81. The molecule has 0 atom stereocenters. The van der Waals surface area contributed by atoms with E-state index in [2.05, 4.69) is 44.1 Å². The molecular formula is C15H17NO3. The molecule has 100 valence electrons. The first-order valence-corrected chi connectivity index (χ1v) is 6.36. The zero-order chi connectivity index (χ0) is 14.0. The van der Waals surface area contributed by atoms with Crippen molar-refractivity contribution in [3.8, 4) is 11.3 Å². The predicted molar refractivity (Wildman–Crippen MR) is 72.4 cm³/mol. The molecular weight excluding hydrogens is 242 g/mol. The third kappa shape index (κ3) is 2.67. The van der Waals surface area contributed by atoms with Gasteiger partial charge in [0, 0.05) is 11.6 Å². The fourth-order valence-corrected chi connectivity index (χ4v) is 2.05. The Hall–Kier alpha value is -2.10. The molecule has 4 nitrogen and oxygen atoms in total. The summed E-state index contributed by atoms with van der Waals surface area (Å²) < 4.78 is 4.84. The third-order valence-electron chi connectivity index (χ3n) is 3.14. The number of carbonyl (C=O) groups is 1. The molecule has 0 bridgehead atoms. The molecule has 0 fully saturated rings. The van der Waals surface area contributed by atoms with Crippen LogP contribution in [0.4, 0.5) is 0 Å². The van der Waals surface area contributed by atoms with Gasteiger partial charge in [-0.2, -0.15) is 0 Å². The van der Waals surface area contributed by atoms with Crippen molar-refractivity contribution in [2.24, 2.45) is 0 Å². The summed E-state index contributed by atoms with van der Waals surface area (Å²) >= 11 is 0. The summed E-state index contributed by atoms with van der Waals surface area (Å²) in [5.74, 6) is -0.894. The van der Waals surface area contributed by atoms with Crippen LogP contribution in [0.15, 0.2) is 28.8 Å². The number of aromatic nitrogens is 1. The molecule has 0 saturated carbocycles. The molecule has 0 aliphatic rings.